The standard InChI is InChI=1S/C25H27FO4S/c1-25(2,3)24-21(20-13-17(29-4)9-10-22(20)26)14-19(31-24)15-30-18-7-5-6-16(12-18)8-11-23(27)28/h5-7,9-10,12-14H,8,11,15H2,1-4H3,(H,27,28). The maximum atomic E-state index is 14.7. The lowest BCUT2D eigenvalue weighted by Gasteiger charge is -2.19. The summed E-state index contributed by atoms with van der Waals surface area (Å²) in [7, 11) is 1.57. The number of hydrogen-bond acceptors (Lipinski definition) is 4. The second-order valence-electron chi connectivity index (χ2n) is 8.38. The molecule has 0 bridgehead atoms. The highest BCUT2D eigenvalue weighted by atomic mass is 32.1. The number of benzene rings is 2. The van der Waals surface area contributed by atoms with Gasteiger partial charge in [-0.25, -0.2) is 4.39 Å². The Balaban J connectivity index is 1.85. The normalized spacial score (nSPS) is 11.4. The summed E-state index contributed by atoms with van der Waals surface area (Å²) in [6.45, 7) is 6.67. The molecule has 0 amide bonds. The Kier molecular flexibility index (Phi) is 7.01. The molecule has 1 aromatic heterocycles. The topological polar surface area (TPSA) is 55.8 Å². The second-order valence-corrected chi connectivity index (χ2v) is 9.52. The van der Waals surface area contributed by atoms with Crippen molar-refractivity contribution in [3.63, 3.8) is 0 Å². The largest absolute Gasteiger partial charge is 0.497 e. The van der Waals surface area contributed by atoms with Gasteiger partial charge in [-0.1, -0.05) is 32.9 Å². The van der Waals surface area contributed by atoms with Gasteiger partial charge in [-0.3, -0.25) is 4.79 Å². The Morgan fingerprint density at radius 2 is 1.84 bits per heavy atom. The molecule has 4 nitrogen and oxygen atoms in total. The van der Waals surface area contributed by atoms with Crippen LogP contribution < -0.4 is 9.47 Å². The quantitative estimate of drug-likeness (QED) is 0.435. The Hall–Kier alpha value is -2.86. The van der Waals surface area contributed by atoms with Crippen LogP contribution >= 0.6 is 11.3 Å². The van der Waals surface area contributed by atoms with Crippen molar-refractivity contribution < 1.29 is 23.8 Å². The molecule has 0 saturated heterocycles. The van der Waals surface area contributed by atoms with Crippen LogP contribution in [0.1, 0.15) is 42.5 Å². The molecule has 0 radical (unpaired) electrons. The third-order valence-electron chi connectivity index (χ3n) is 4.84. The lowest BCUT2D eigenvalue weighted by atomic mass is 9.89. The zero-order valence-corrected chi connectivity index (χ0v) is 19.0. The monoisotopic (exact) mass is 442 g/mol. The van der Waals surface area contributed by atoms with E-state index in [1.807, 2.05) is 30.3 Å². The van der Waals surface area contributed by atoms with E-state index in [1.54, 1.807) is 30.6 Å². The summed E-state index contributed by atoms with van der Waals surface area (Å²) in [6.07, 6.45) is 0.539. The molecular formula is C25H27FO4S. The Labute approximate surface area is 186 Å². The summed E-state index contributed by atoms with van der Waals surface area (Å²) in [5.41, 5.74) is 2.12. The zero-order valence-electron chi connectivity index (χ0n) is 18.2. The summed E-state index contributed by atoms with van der Waals surface area (Å²) >= 11 is 1.61. The Morgan fingerprint density at radius 3 is 2.52 bits per heavy atom. The van der Waals surface area contributed by atoms with Gasteiger partial charge < -0.3 is 14.6 Å². The van der Waals surface area contributed by atoms with Crippen LogP contribution in [-0.4, -0.2) is 18.2 Å². The van der Waals surface area contributed by atoms with Gasteiger partial charge in [-0.2, -0.15) is 0 Å². The van der Waals surface area contributed by atoms with Gasteiger partial charge >= 0.3 is 5.97 Å². The number of ether oxygens (including phenoxy) is 2. The lowest BCUT2D eigenvalue weighted by molar-refractivity contribution is -0.136. The fraction of sp³-hybridized carbons (Fsp3) is 0.320. The maximum absolute atomic E-state index is 14.7. The fourth-order valence-corrected chi connectivity index (χ4v) is 4.45. The summed E-state index contributed by atoms with van der Waals surface area (Å²) in [6, 6.07) is 14.2. The van der Waals surface area contributed by atoms with Gasteiger partial charge in [0.15, 0.2) is 0 Å². The molecule has 0 aliphatic carbocycles. The summed E-state index contributed by atoms with van der Waals surface area (Å²) in [4.78, 5) is 12.9. The van der Waals surface area contributed by atoms with Crippen LogP contribution in [0.25, 0.3) is 11.1 Å². The highest BCUT2D eigenvalue weighted by Gasteiger charge is 2.24. The maximum Gasteiger partial charge on any atom is 0.303 e. The van der Waals surface area contributed by atoms with E-state index < -0.39 is 5.97 Å². The molecule has 164 valence electrons. The first-order chi connectivity index (χ1) is 14.7. The number of aryl methyl sites for hydroxylation is 1. The van der Waals surface area contributed by atoms with Gasteiger partial charge in [0.25, 0.3) is 0 Å². The Bertz CT molecular complexity index is 1070. The van der Waals surface area contributed by atoms with E-state index in [0.717, 1.165) is 20.9 Å². The minimum atomic E-state index is -0.822. The number of carboxylic acid groups (broad SMARTS) is 1. The summed E-state index contributed by atoms with van der Waals surface area (Å²) in [5.74, 6) is 0.181. The third-order valence-corrected chi connectivity index (χ3v) is 6.37. The van der Waals surface area contributed by atoms with Crippen molar-refractivity contribution in [2.45, 2.75) is 45.6 Å². The lowest BCUT2D eigenvalue weighted by Crippen LogP contribution is -2.10. The molecule has 0 aliphatic heterocycles. The molecule has 0 atom stereocenters. The molecule has 31 heavy (non-hydrogen) atoms. The summed E-state index contributed by atoms with van der Waals surface area (Å²) < 4.78 is 25.9. The van der Waals surface area contributed by atoms with Crippen molar-refractivity contribution in [2.75, 3.05) is 7.11 Å². The number of thiophene rings is 1. The zero-order chi connectivity index (χ0) is 22.6. The van der Waals surface area contributed by atoms with Gasteiger partial charge in [-0.15, -0.1) is 11.3 Å². The molecule has 0 saturated carbocycles. The van der Waals surface area contributed by atoms with E-state index in [4.69, 9.17) is 14.6 Å². The van der Waals surface area contributed by atoms with Crippen molar-refractivity contribution in [1.82, 2.24) is 0 Å². The van der Waals surface area contributed by atoms with E-state index in [9.17, 15) is 9.18 Å². The van der Waals surface area contributed by atoms with Gasteiger partial charge in [0, 0.05) is 21.7 Å². The second kappa shape index (κ2) is 9.52. The van der Waals surface area contributed by atoms with E-state index in [2.05, 4.69) is 20.8 Å². The van der Waals surface area contributed by atoms with Crippen LogP contribution in [0.3, 0.4) is 0 Å². The average Bonchev–Trinajstić information content (AvgIpc) is 3.16. The van der Waals surface area contributed by atoms with Crippen molar-refractivity contribution in [3.05, 3.63) is 69.7 Å². The number of halogens is 1. The minimum Gasteiger partial charge on any atom is -0.497 e. The first kappa shape index (κ1) is 22.8. The number of methoxy groups -OCH3 is 1. The predicted molar refractivity (Wildman–Crippen MR) is 122 cm³/mol. The molecule has 3 aromatic rings. The molecular weight excluding hydrogens is 415 g/mol. The van der Waals surface area contributed by atoms with Crippen LogP contribution in [0.15, 0.2) is 48.5 Å². The highest BCUT2D eigenvalue weighted by molar-refractivity contribution is 7.12. The van der Waals surface area contributed by atoms with Crippen LogP contribution in [0.5, 0.6) is 11.5 Å². The SMILES string of the molecule is COc1ccc(F)c(-c2cc(COc3cccc(CCC(=O)O)c3)sc2C(C)(C)C)c1. The molecule has 0 aliphatic rings. The van der Waals surface area contributed by atoms with Crippen molar-refractivity contribution in [1.29, 1.82) is 0 Å². The molecule has 3 rings (SSSR count). The third kappa shape index (κ3) is 5.85. The molecule has 2 aromatic carbocycles. The molecule has 1 heterocycles. The van der Waals surface area contributed by atoms with E-state index in [0.29, 0.717) is 30.1 Å². The van der Waals surface area contributed by atoms with Gasteiger partial charge in [0.05, 0.1) is 7.11 Å². The number of carboxylic acids is 1. The molecule has 0 spiro atoms. The van der Waals surface area contributed by atoms with Crippen LogP contribution in [-0.2, 0) is 23.2 Å². The highest BCUT2D eigenvalue weighted by Crippen LogP contribution is 2.41. The number of hydrogen-bond donors (Lipinski definition) is 1. The molecule has 0 unspecified atom stereocenters. The predicted octanol–water partition coefficient (Wildman–Crippen LogP) is 6.46. The van der Waals surface area contributed by atoms with Gasteiger partial charge in [0.2, 0.25) is 0 Å². The van der Waals surface area contributed by atoms with E-state index in [-0.39, 0.29) is 17.7 Å². The molecule has 1 N–H and O–H groups in total. The first-order valence-electron chi connectivity index (χ1n) is 10.1. The number of rotatable bonds is 8. The van der Waals surface area contributed by atoms with Crippen LogP contribution in [0, 0.1) is 5.82 Å². The number of aliphatic carboxylic acids is 1. The fourth-order valence-electron chi connectivity index (χ4n) is 3.30. The van der Waals surface area contributed by atoms with E-state index >= 15 is 0 Å². The van der Waals surface area contributed by atoms with Gasteiger partial charge in [0.1, 0.15) is 23.9 Å². The molecule has 0 fully saturated rings. The van der Waals surface area contributed by atoms with Crippen molar-refractivity contribution in [3.8, 4) is 22.6 Å². The molecule has 6 heteroatoms. The first-order valence-corrected chi connectivity index (χ1v) is 10.9. The Morgan fingerprint density at radius 1 is 1.06 bits per heavy atom. The smallest absolute Gasteiger partial charge is 0.303 e. The van der Waals surface area contributed by atoms with Crippen LogP contribution in [0.4, 0.5) is 4.39 Å². The van der Waals surface area contributed by atoms with Gasteiger partial charge in [-0.05, 0) is 59.4 Å². The van der Waals surface area contributed by atoms with Crippen molar-refractivity contribution >= 4 is 17.3 Å². The van der Waals surface area contributed by atoms with Crippen molar-refractivity contribution in [2.24, 2.45) is 0 Å². The minimum absolute atomic E-state index is 0.0821. The summed E-state index contributed by atoms with van der Waals surface area (Å²) in [5, 5.41) is 8.87. The average molecular weight is 443 g/mol. The van der Waals surface area contributed by atoms with Crippen LogP contribution in [0.2, 0.25) is 0 Å². The number of carbonyl (C=O) groups is 1. The van der Waals surface area contributed by atoms with E-state index in [1.165, 1.54) is 6.07 Å².